The van der Waals surface area contributed by atoms with Gasteiger partial charge in [-0.15, -0.1) is 4.91 Å². The van der Waals surface area contributed by atoms with Crippen LogP contribution in [0, 0.1) is 4.91 Å². The minimum Gasteiger partial charge on any atom is -0.145 e. The fourth-order valence-corrected chi connectivity index (χ4v) is 0.935. The zero-order valence-corrected chi connectivity index (χ0v) is 6.51. The summed E-state index contributed by atoms with van der Waals surface area (Å²) in [6.45, 7) is 3.53. The molecule has 1 rings (SSSR count). The van der Waals surface area contributed by atoms with Crippen LogP contribution in [0.4, 0.5) is 5.69 Å². The number of hydrogen-bond donors (Lipinski definition) is 0. The average molecular weight is 168 g/mol. The Hall–Kier alpha value is -1.15. The lowest BCUT2D eigenvalue weighted by Gasteiger charge is -1.95. The molecule has 56 valence electrons. The maximum Gasteiger partial charge on any atom is 0.116 e. The predicted molar refractivity (Wildman–Crippen MR) is 47.0 cm³/mol. The number of nitroso groups, excluding NO2 is 1. The quantitative estimate of drug-likeness (QED) is 0.621. The van der Waals surface area contributed by atoms with Crippen LogP contribution in [0.1, 0.15) is 5.56 Å². The number of hydrogen-bond acceptors (Lipinski definition) is 2. The molecule has 1 aromatic carbocycles. The Morgan fingerprint density at radius 3 is 2.82 bits per heavy atom. The molecule has 0 atom stereocenters. The van der Waals surface area contributed by atoms with E-state index in [0.29, 0.717) is 16.3 Å². The van der Waals surface area contributed by atoms with E-state index in [1.54, 1.807) is 18.2 Å². The van der Waals surface area contributed by atoms with E-state index in [1.165, 1.54) is 6.07 Å². The van der Waals surface area contributed by atoms with Gasteiger partial charge in [0.2, 0.25) is 0 Å². The Kier molecular flexibility index (Phi) is 2.39. The Morgan fingerprint density at radius 2 is 2.27 bits per heavy atom. The van der Waals surface area contributed by atoms with Crippen LogP contribution in [0.5, 0.6) is 0 Å². The second-order valence-corrected chi connectivity index (χ2v) is 2.43. The molecule has 0 unspecified atom stereocenters. The van der Waals surface area contributed by atoms with E-state index in [4.69, 9.17) is 11.6 Å². The minimum atomic E-state index is 0.326. The van der Waals surface area contributed by atoms with Crippen LogP contribution < -0.4 is 0 Å². The lowest BCUT2D eigenvalue weighted by Crippen LogP contribution is -1.72. The molecule has 0 N–H and O–H groups in total. The third kappa shape index (κ3) is 1.65. The van der Waals surface area contributed by atoms with Gasteiger partial charge in [-0.2, -0.15) is 0 Å². The van der Waals surface area contributed by atoms with Crippen molar-refractivity contribution in [2.75, 3.05) is 0 Å². The average Bonchev–Trinajstić information content (AvgIpc) is 2.04. The van der Waals surface area contributed by atoms with Crippen molar-refractivity contribution in [3.05, 3.63) is 40.3 Å². The lowest BCUT2D eigenvalue weighted by atomic mass is 10.2. The molecule has 0 heterocycles. The monoisotopic (exact) mass is 167 g/mol. The summed E-state index contributed by atoms with van der Waals surface area (Å²) in [6, 6.07) is 4.89. The van der Waals surface area contributed by atoms with E-state index < -0.39 is 0 Å². The molecule has 3 heteroatoms. The molecule has 11 heavy (non-hydrogen) atoms. The molecule has 0 spiro atoms. The second kappa shape index (κ2) is 3.30. The third-order valence-electron chi connectivity index (χ3n) is 1.31. The maximum absolute atomic E-state index is 10.2. The van der Waals surface area contributed by atoms with Crippen molar-refractivity contribution >= 4 is 23.4 Å². The summed E-state index contributed by atoms with van der Waals surface area (Å²) in [6.07, 6.45) is 1.56. The molecule has 0 aliphatic heterocycles. The van der Waals surface area contributed by atoms with Crippen molar-refractivity contribution in [3.8, 4) is 0 Å². The van der Waals surface area contributed by atoms with Gasteiger partial charge in [-0.1, -0.05) is 30.3 Å². The SMILES string of the molecule is C=Cc1ccc(Cl)cc1N=O. The van der Waals surface area contributed by atoms with Crippen LogP contribution in [-0.4, -0.2) is 0 Å². The van der Waals surface area contributed by atoms with Crippen LogP contribution in [0.3, 0.4) is 0 Å². The van der Waals surface area contributed by atoms with Crippen molar-refractivity contribution in [2.24, 2.45) is 5.18 Å². The van der Waals surface area contributed by atoms with E-state index in [1.807, 2.05) is 0 Å². The van der Waals surface area contributed by atoms with Gasteiger partial charge < -0.3 is 0 Å². The van der Waals surface area contributed by atoms with Crippen molar-refractivity contribution < 1.29 is 0 Å². The summed E-state index contributed by atoms with van der Waals surface area (Å²) < 4.78 is 0. The molecule has 0 radical (unpaired) electrons. The highest BCUT2D eigenvalue weighted by molar-refractivity contribution is 6.30. The number of halogens is 1. The first-order valence-electron chi connectivity index (χ1n) is 3.03. The highest BCUT2D eigenvalue weighted by Crippen LogP contribution is 2.23. The van der Waals surface area contributed by atoms with Gasteiger partial charge in [0.05, 0.1) is 0 Å². The number of benzene rings is 1. The maximum atomic E-state index is 10.2. The highest BCUT2D eigenvalue weighted by Gasteiger charge is 1.98. The summed E-state index contributed by atoms with van der Waals surface area (Å²) in [5, 5.41) is 3.30. The van der Waals surface area contributed by atoms with E-state index in [2.05, 4.69) is 11.8 Å². The fraction of sp³-hybridized carbons (Fsp3) is 0. The van der Waals surface area contributed by atoms with Crippen LogP contribution in [0.15, 0.2) is 30.0 Å². The summed E-state index contributed by atoms with van der Waals surface area (Å²) >= 11 is 5.62. The van der Waals surface area contributed by atoms with E-state index in [0.717, 1.165) is 0 Å². The molecule has 0 saturated heterocycles. The zero-order valence-electron chi connectivity index (χ0n) is 5.75. The zero-order chi connectivity index (χ0) is 8.27. The normalized spacial score (nSPS) is 9.18. The molecule has 0 aromatic heterocycles. The van der Waals surface area contributed by atoms with Crippen molar-refractivity contribution in [1.29, 1.82) is 0 Å². The molecule has 0 bridgehead atoms. The summed E-state index contributed by atoms with van der Waals surface area (Å²) in [4.78, 5) is 10.2. The van der Waals surface area contributed by atoms with E-state index in [9.17, 15) is 4.91 Å². The van der Waals surface area contributed by atoms with Gasteiger partial charge in [0.15, 0.2) is 0 Å². The van der Waals surface area contributed by atoms with Crippen molar-refractivity contribution in [1.82, 2.24) is 0 Å². The van der Waals surface area contributed by atoms with Crippen molar-refractivity contribution in [3.63, 3.8) is 0 Å². The Balaban J connectivity index is 3.26. The van der Waals surface area contributed by atoms with Crippen LogP contribution in [0.2, 0.25) is 5.02 Å². The first-order chi connectivity index (χ1) is 5.27. The topological polar surface area (TPSA) is 29.4 Å². The molecule has 0 fully saturated rings. The lowest BCUT2D eigenvalue weighted by molar-refractivity contribution is 1.48. The summed E-state index contributed by atoms with van der Waals surface area (Å²) in [5.74, 6) is 0. The molecular weight excluding hydrogens is 162 g/mol. The molecule has 0 aliphatic carbocycles. The summed E-state index contributed by atoms with van der Waals surface area (Å²) in [5.41, 5.74) is 1.02. The number of rotatable bonds is 2. The smallest absolute Gasteiger partial charge is 0.116 e. The summed E-state index contributed by atoms with van der Waals surface area (Å²) in [7, 11) is 0. The highest BCUT2D eigenvalue weighted by atomic mass is 35.5. The third-order valence-corrected chi connectivity index (χ3v) is 1.55. The van der Waals surface area contributed by atoms with Gasteiger partial charge in [-0.3, -0.25) is 0 Å². The van der Waals surface area contributed by atoms with Crippen LogP contribution in [0.25, 0.3) is 6.08 Å². The molecule has 2 nitrogen and oxygen atoms in total. The van der Waals surface area contributed by atoms with Gasteiger partial charge >= 0.3 is 0 Å². The van der Waals surface area contributed by atoms with Gasteiger partial charge in [0, 0.05) is 10.6 Å². The first kappa shape index (κ1) is 7.95. The minimum absolute atomic E-state index is 0.326. The Bertz CT molecular complexity index is 296. The number of nitrogens with zero attached hydrogens (tertiary/aromatic N) is 1. The van der Waals surface area contributed by atoms with E-state index >= 15 is 0 Å². The molecule has 1 aromatic rings. The largest absolute Gasteiger partial charge is 0.145 e. The van der Waals surface area contributed by atoms with Gasteiger partial charge in [-0.25, -0.2) is 0 Å². The predicted octanol–water partition coefficient (Wildman–Crippen LogP) is 3.38. The Morgan fingerprint density at radius 1 is 1.55 bits per heavy atom. The Labute approximate surface area is 69.5 Å². The standard InChI is InChI=1S/C8H6ClNO/c1-2-6-3-4-7(9)5-8(6)10-11/h2-5H,1H2. The second-order valence-electron chi connectivity index (χ2n) is 2.00. The van der Waals surface area contributed by atoms with Gasteiger partial charge in [-0.05, 0) is 17.3 Å². The van der Waals surface area contributed by atoms with Gasteiger partial charge in [0.1, 0.15) is 5.69 Å². The van der Waals surface area contributed by atoms with Gasteiger partial charge in [0.25, 0.3) is 0 Å². The molecule has 0 amide bonds. The molecular formula is C8H6ClNO. The first-order valence-corrected chi connectivity index (χ1v) is 3.41. The van der Waals surface area contributed by atoms with Crippen molar-refractivity contribution in [2.45, 2.75) is 0 Å². The fourth-order valence-electron chi connectivity index (χ4n) is 0.768. The van der Waals surface area contributed by atoms with E-state index in [-0.39, 0.29) is 0 Å². The molecule has 0 saturated carbocycles. The van der Waals surface area contributed by atoms with Crippen LogP contribution >= 0.6 is 11.6 Å². The molecule has 0 aliphatic rings. The van der Waals surface area contributed by atoms with Crippen LogP contribution in [-0.2, 0) is 0 Å².